The van der Waals surface area contributed by atoms with Crippen molar-refractivity contribution in [2.75, 3.05) is 5.73 Å². The molecule has 0 saturated carbocycles. The quantitative estimate of drug-likeness (QED) is 0.845. The fourth-order valence-electron chi connectivity index (χ4n) is 2.27. The summed E-state index contributed by atoms with van der Waals surface area (Å²) >= 11 is 1.70. The first kappa shape index (κ1) is 15.5. The second-order valence-corrected chi connectivity index (χ2v) is 6.70. The lowest BCUT2D eigenvalue weighted by Crippen LogP contribution is -2.27. The van der Waals surface area contributed by atoms with Crippen molar-refractivity contribution in [2.24, 2.45) is 0 Å². The Hall–Kier alpha value is -1.88. The van der Waals surface area contributed by atoms with Gasteiger partial charge in [-0.2, -0.15) is 0 Å². The molecule has 2 rings (SSSR count). The Morgan fingerprint density at radius 1 is 1.29 bits per heavy atom. The van der Waals surface area contributed by atoms with E-state index in [1.54, 1.807) is 18.3 Å². The molecule has 0 aliphatic carbocycles. The highest BCUT2D eigenvalue weighted by atomic mass is 32.1. The predicted molar refractivity (Wildman–Crippen MR) is 85.2 cm³/mol. The van der Waals surface area contributed by atoms with Gasteiger partial charge in [0.25, 0.3) is 5.91 Å². The number of amides is 1. The van der Waals surface area contributed by atoms with E-state index in [1.165, 1.54) is 21.9 Å². The molecule has 3 N–H and O–H groups in total. The minimum absolute atomic E-state index is 0.131. The number of hydrogen-bond acceptors (Lipinski definition) is 3. The van der Waals surface area contributed by atoms with Gasteiger partial charge in [0.1, 0.15) is 5.82 Å². The molecule has 1 amide bonds. The molecule has 1 unspecified atom stereocenters. The van der Waals surface area contributed by atoms with Crippen LogP contribution >= 0.6 is 11.3 Å². The predicted octanol–water partition coefficient (Wildman–Crippen LogP) is 3.89. The largest absolute Gasteiger partial charge is 0.398 e. The second-order valence-electron chi connectivity index (χ2n) is 5.24. The van der Waals surface area contributed by atoms with E-state index in [0.29, 0.717) is 5.56 Å². The van der Waals surface area contributed by atoms with Crippen LogP contribution < -0.4 is 11.1 Å². The summed E-state index contributed by atoms with van der Waals surface area (Å²) in [4.78, 5) is 14.6. The molecule has 0 aliphatic rings. The molecule has 0 radical (unpaired) electrons. The Balaban J connectivity index is 2.20. The normalized spacial score (nSPS) is 12.2. The van der Waals surface area contributed by atoms with E-state index in [-0.39, 0.29) is 23.2 Å². The highest BCUT2D eigenvalue weighted by Crippen LogP contribution is 2.26. The second kappa shape index (κ2) is 5.85. The van der Waals surface area contributed by atoms with Crippen molar-refractivity contribution in [3.05, 3.63) is 50.5 Å². The lowest BCUT2D eigenvalue weighted by molar-refractivity contribution is 0.0939. The van der Waals surface area contributed by atoms with Gasteiger partial charge in [0, 0.05) is 26.6 Å². The van der Waals surface area contributed by atoms with Crippen LogP contribution in [0, 0.1) is 26.6 Å². The fourth-order valence-corrected chi connectivity index (χ4v) is 3.29. The number of carbonyl (C=O) groups is 1. The molecular weight excluding hydrogens is 287 g/mol. The van der Waals surface area contributed by atoms with Crippen LogP contribution in [0.3, 0.4) is 0 Å². The van der Waals surface area contributed by atoms with Gasteiger partial charge in [0.2, 0.25) is 0 Å². The zero-order valence-corrected chi connectivity index (χ0v) is 13.4. The monoisotopic (exact) mass is 306 g/mol. The third-order valence-electron chi connectivity index (χ3n) is 3.54. The third kappa shape index (κ3) is 3.24. The fraction of sp³-hybridized carbons (Fsp3) is 0.312. The van der Waals surface area contributed by atoms with Crippen LogP contribution in [0.15, 0.2) is 18.2 Å². The summed E-state index contributed by atoms with van der Waals surface area (Å²) < 4.78 is 13.7. The molecule has 0 aliphatic heterocycles. The summed E-state index contributed by atoms with van der Waals surface area (Å²) in [6, 6.07) is 4.66. The SMILES string of the molecule is Cc1cc(C(C)NC(=O)c2cc(N)c(C)c(F)c2)c(C)s1. The number of thiophene rings is 1. The lowest BCUT2D eigenvalue weighted by Gasteiger charge is -2.15. The first-order chi connectivity index (χ1) is 9.79. The topological polar surface area (TPSA) is 55.1 Å². The molecule has 0 spiro atoms. The number of rotatable bonds is 3. The number of anilines is 1. The Morgan fingerprint density at radius 3 is 2.48 bits per heavy atom. The molecule has 0 bridgehead atoms. The number of hydrogen-bond donors (Lipinski definition) is 2. The minimum atomic E-state index is -0.463. The van der Waals surface area contributed by atoms with E-state index >= 15 is 0 Å². The maximum absolute atomic E-state index is 13.7. The first-order valence-electron chi connectivity index (χ1n) is 6.73. The summed E-state index contributed by atoms with van der Waals surface area (Å²) in [7, 11) is 0. The van der Waals surface area contributed by atoms with Gasteiger partial charge in [-0.1, -0.05) is 0 Å². The van der Waals surface area contributed by atoms with Crippen molar-refractivity contribution in [3.63, 3.8) is 0 Å². The van der Waals surface area contributed by atoms with E-state index in [1.807, 2.05) is 20.8 Å². The summed E-state index contributed by atoms with van der Waals surface area (Å²) in [5.41, 5.74) is 7.69. The van der Waals surface area contributed by atoms with E-state index in [4.69, 9.17) is 5.73 Å². The summed E-state index contributed by atoms with van der Waals surface area (Å²) in [6.07, 6.45) is 0. The van der Waals surface area contributed by atoms with Crippen LogP contribution in [0.1, 0.15) is 44.2 Å². The van der Waals surface area contributed by atoms with Crippen molar-refractivity contribution in [3.8, 4) is 0 Å². The number of aryl methyl sites for hydroxylation is 2. The first-order valence-corrected chi connectivity index (χ1v) is 7.54. The van der Waals surface area contributed by atoms with Gasteiger partial charge in [-0.15, -0.1) is 11.3 Å². The Bertz CT molecular complexity index is 671. The summed E-state index contributed by atoms with van der Waals surface area (Å²) in [6.45, 7) is 7.57. The van der Waals surface area contributed by atoms with E-state index in [9.17, 15) is 9.18 Å². The molecule has 0 saturated heterocycles. The molecule has 112 valence electrons. The molecule has 1 aromatic heterocycles. The molecule has 0 fully saturated rings. The maximum atomic E-state index is 13.7. The zero-order valence-electron chi connectivity index (χ0n) is 12.6. The maximum Gasteiger partial charge on any atom is 0.251 e. The molecule has 1 heterocycles. The Morgan fingerprint density at radius 2 is 1.95 bits per heavy atom. The highest BCUT2D eigenvalue weighted by Gasteiger charge is 2.16. The van der Waals surface area contributed by atoms with Gasteiger partial charge >= 0.3 is 0 Å². The van der Waals surface area contributed by atoms with Gasteiger partial charge in [-0.25, -0.2) is 4.39 Å². The van der Waals surface area contributed by atoms with E-state index in [2.05, 4.69) is 11.4 Å². The molecule has 5 heteroatoms. The average Bonchev–Trinajstić information content (AvgIpc) is 2.74. The zero-order chi connectivity index (χ0) is 15.7. The molecule has 1 aromatic carbocycles. The molecule has 21 heavy (non-hydrogen) atoms. The summed E-state index contributed by atoms with van der Waals surface area (Å²) in [5, 5.41) is 2.89. The third-order valence-corrected chi connectivity index (χ3v) is 4.52. The van der Waals surface area contributed by atoms with Crippen molar-refractivity contribution in [1.29, 1.82) is 0 Å². The molecule has 1 atom stereocenters. The Labute approximate surface area is 128 Å². The molecule has 2 aromatic rings. The molecular formula is C16H19FN2OS. The van der Waals surface area contributed by atoms with Gasteiger partial charge in [0.05, 0.1) is 6.04 Å². The van der Waals surface area contributed by atoms with Crippen LogP contribution in [-0.2, 0) is 0 Å². The van der Waals surface area contributed by atoms with E-state index in [0.717, 1.165) is 5.56 Å². The standard InChI is InChI=1S/C16H19FN2OS/c1-8-5-13(11(4)21-8)10(3)19-16(20)12-6-14(17)9(2)15(18)7-12/h5-7,10H,18H2,1-4H3,(H,19,20). The smallest absolute Gasteiger partial charge is 0.251 e. The van der Waals surface area contributed by atoms with Gasteiger partial charge < -0.3 is 11.1 Å². The van der Waals surface area contributed by atoms with Crippen LogP contribution in [-0.4, -0.2) is 5.91 Å². The number of nitrogens with two attached hydrogens (primary N) is 1. The number of carbonyl (C=O) groups excluding carboxylic acids is 1. The van der Waals surface area contributed by atoms with Crippen molar-refractivity contribution < 1.29 is 9.18 Å². The van der Waals surface area contributed by atoms with Crippen molar-refractivity contribution >= 4 is 22.9 Å². The van der Waals surface area contributed by atoms with Crippen LogP contribution in [0.2, 0.25) is 0 Å². The van der Waals surface area contributed by atoms with Crippen LogP contribution in [0.25, 0.3) is 0 Å². The van der Waals surface area contributed by atoms with Crippen molar-refractivity contribution in [1.82, 2.24) is 5.32 Å². The number of halogens is 1. The van der Waals surface area contributed by atoms with Crippen molar-refractivity contribution in [2.45, 2.75) is 33.7 Å². The summed E-state index contributed by atoms with van der Waals surface area (Å²) in [5.74, 6) is -0.785. The average molecular weight is 306 g/mol. The van der Waals surface area contributed by atoms with Gasteiger partial charge in [-0.05, 0) is 51.5 Å². The van der Waals surface area contributed by atoms with Crippen LogP contribution in [0.5, 0.6) is 0 Å². The number of nitrogens with one attached hydrogen (secondary N) is 1. The highest BCUT2D eigenvalue weighted by molar-refractivity contribution is 7.12. The van der Waals surface area contributed by atoms with Crippen LogP contribution in [0.4, 0.5) is 10.1 Å². The minimum Gasteiger partial charge on any atom is -0.398 e. The lowest BCUT2D eigenvalue weighted by atomic mass is 10.1. The number of nitrogen functional groups attached to an aromatic ring is 1. The molecule has 3 nitrogen and oxygen atoms in total. The van der Waals surface area contributed by atoms with Gasteiger partial charge in [0.15, 0.2) is 0 Å². The van der Waals surface area contributed by atoms with Gasteiger partial charge in [-0.3, -0.25) is 4.79 Å². The Kier molecular flexibility index (Phi) is 4.32. The number of benzene rings is 1. The van der Waals surface area contributed by atoms with E-state index < -0.39 is 5.82 Å².